The second kappa shape index (κ2) is 6.05. The van der Waals surface area contributed by atoms with Gasteiger partial charge in [-0.15, -0.1) is 0 Å². The first-order chi connectivity index (χ1) is 9.39. The number of amides is 1. The molecule has 0 bridgehead atoms. The molecule has 0 aliphatic heterocycles. The van der Waals surface area contributed by atoms with Gasteiger partial charge < -0.3 is 10.2 Å². The highest BCUT2D eigenvalue weighted by Gasteiger charge is 2.32. The van der Waals surface area contributed by atoms with Crippen LogP contribution in [-0.2, 0) is 0 Å². The van der Waals surface area contributed by atoms with E-state index in [4.69, 9.17) is 11.6 Å². The number of nitrogens with zero attached hydrogens (tertiary/aromatic N) is 3. The number of carbonyl (C=O) groups is 1. The summed E-state index contributed by atoms with van der Waals surface area (Å²) in [6.07, 6.45) is -3.32. The van der Waals surface area contributed by atoms with E-state index in [1.54, 1.807) is 20.8 Å². The van der Waals surface area contributed by atoms with Crippen LogP contribution in [0.15, 0.2) is 6.20 Å². The topological polar surface area (TPSA) is 58.1 Å². The van der Waals surface area contributed by atoms with E-state index >= 15 is 0 Å². The van der Waals surface area contributed by atoms with Crippen LogP contribution in [0.25, 0.3) is 0 Å². The van der Waals surface area contributed by atoms with Crippen molar-refractivity contribution in [2.75, 3.05) is 18.5 Å². The van der Waals surface area contributed by atoms with Gasteiger partial charge in [-0.2, -0.15) is 18.2 Å². The number of halogens is 4. The molecule has 0 spiro atoms. The van der Waals surface area contributed by atoms with Gasteiger partial charge >= 0.3 is 6.18 Å². The zero-order valence-electron chi connectivity index (χ0n) is 12.0. The molecule has 1 aromatic heterocycles. The predicted octanol–water partition coefficient (Wildman–Crippen LogP) is 2.66. The molecule has 9 heteroatoms. The summed E-state index contributed by atoms with van der Waals surface area (Å²) in [6.45, 7) is 4.00. The van der Waals surface area contributed by atoms with Crippen LogP contribution in [0.5, 0.6) is 0 Å². The summed E-state index contributed by atoms with van der Waals surface area (Å²) < 4.78 is 37.4. The van der Waals surface area contributed by atoms with Gasteiger partial charge in [0.05, 0.1) is 0 Å². The third-order valence-electron chi connectivity index (χ3n) is 2.25. The Kier molecular flexibility index (Phi) is 5.03. The largest absolute Gasteiger partial charge is 0.405 e. The van der Waals surface area contributed by atoms with E-state index in [-0.39, 0.29) is 16.7 Å². The van der Waals surface area contributed by atoms with Crippen molar-refractivity contribution in [1.82, 2.24) is 15.3 Å². The number of alkyl halides is 3. The fourth-order valence-corrected chi connectivity index (χ4v) is 1.68. The predicted molar refractivity (Wildman–Crippen MR) is 73.6 cm³/mol. The lowest BCUT2D eigenvalue weighted by Crippen LogP contribution is -2.42. The molecular formula is C12H16ClF3N4O. The number of carbonyl (C=O) groups excluding carboxylic acids is 1. The van der Waals surface area contributed by atoms with Crippen LogP contribution < -0.4 is 10.2 Å². The molecule has 0 saturated heterocycles. The average Bonchev–Trinajstić information content (AvgIpc) is 2.23. The molecular weight excluding hydrogens is 309 g/mol. The lowest BCUT2D eigenvalue weighted by molar-refractivity contribution is -0.119. The minimum atomic E-state index is -4.43. The molecule has 0 radical (unpaired) electrons. The maximum Gasteiger partial charge on any atom is 0.405 e. The number of hydrogen-bond acceptors (Lipinski definition) is 4. The Morgan fingerprint density at radius 2 is 1.95 bits per heavy atom. The van der Waals surface area contributed by atoms with Crippen molar-refractivity contribution in [2.24, 2.45) is 0 Å². The number of nitrogens with one attached hydrogen (secondary N) is 1. The summed E-state index contributed by atoms with van der Waals surface area (Å²) in [7, 11) is 1.18. The highest BCUT2D eigenvalue weighted by Crippen LogP contribution is 2.23. The van der Waals surface area contributed by atoms with Crippen LogP contribution in [0.1, 0.15) is 31.1 Å². The van der Waals surface area contributed by atoms with Crippen molar-refractivity contribution in [3.63, 3.8) is 0 Å². The molecule has 0 atom stereocenters. The lowest BCUT2D eigenvalue weighted by Gasteiger charge is -2.24. The van der Waals surface area contributed by atoms with Crippen molar-refractivity contribution in [3.05, 3.63) is 17.0 Å². The van der Waals surface area contributed by atoms with Crippen LogP contribution in [0.3, 0.4) is 0 Å². The molecule has 5 nitrogen and oxygen atoms in total. The van der Waals surface area contributed by atoms with Gasteiger partial charge in [0, 0.05) is 18.8 Å². The summed E-state index contributed by atoms with van der Waals surface area (Å²) >= 11 is 5.61. The van der Waals surface area contributed by atoms with Crippen LogP contribution in [0, 0.1) is 0 Å². The maximum atomic E-state index is 12.5. The van der Waals surface area contributed by atoms with Gasteiger partial charge in [-0.05, 0) is 32.4 Å². The molecule has 21 heavy (non-hydrogen) atoms. The average molecular weight is 325 g/mol. The molecule has 118 valence electrons. The lowest BCUT2D eigenvalue weighted by atomic mass is 10.1. The zero-order chi connectivity index (χ0) is 16.4. The first-order valence-corrected chi connectivity index (χ1v) is 6.40. The molecule has 0 aliphatic carbocycles. The summed E-state index contributed by atoms with van der Waals surface area (Å²) in [6, 6.07) is 0. The molecule has 0 aliphatic rings. The van der Waals surface area contributed by atoms with E-state index < -0.39 is 24.2 Å². The minimum absolute atomic E-state index is 0.0684. The van der Waals surface area contributed by atoms with Crippen molar-refractivity contribution in [1.29, 1.82) is 0 Å². The SMILES string of the molecule is CN(CC(F)(F)F)c1nc(Cl)ncc1C(=O)NC(C)(C)C. The molecule has 0 aromatic carbocycles. The summed E-state index contributed by atoms with van der Waals surface area (Å²) in [5, 5.41) is 2.41. The van der Waals surface area contributed by atoms with Crippen molar-refractivity contribution < 1.29 is 18.0 Å². The Labute approximate surface area is 125 Å². The van der Waals surface area contributed by atoms with Gasteiger partial charge in [-0.25, -0.2) is 4.98 Å². The fraction of sp³-hybridized carbons (Fsp3) is 0.583. The number of hydrogen-bond donors (Lipinski definition) is 1. The van der Waals surface area contributed by atoms with E-state index in [0.717, 1.165) is 11.1 Å². The van der Waals surface area contributed by atoms with Gasteiger partial charge in [0.15, 0.2) is 0 Å². The summed E-state index contributed by atoms with van der Waals surface area (Å²) in [5.41, 5.74) is -0.614. The number of aromatic nitrogens is 2. The van der Waals surface area contributed by atoms with Crippen molar-refractivity contribution in [2.45, 2.75) is 32.5 Å². The normalized spacial score (nSPS) is 12.2. The van der Waals surface area contributed by atoms with E-state index in [2.05, 4.69) is 15.3 Å². The van der Waals surface area contributed by atoms with E-state index in [9.17, 15) is 18.0 Å². The zero-order valence-corrected chi connectivity index (χ0v) is 12.8. The first-order valence-electron chi connectivity index (χ1n) is 6.02. The second-order valence-electron chi connectivity index (χ2n) is 5.55. The molecule has 0 fully saturated rings. The molecule has 1 rings (SSSR count). The van der Waals surface area contributed by atoms with Crippen LogP contribution >= 0.6 is 11.6 Å². The van der Waals surface area contributed by atoms with Crippen LogP contribution in [-0.4, -0.2) is 41.2 Å². The van der Waals surface area contributed by atoms with Gasteiger partial charge in [-0.3, -0.25) is 4.79 Å². The minimum Gasteiger partial charge on any atom is -0.350 e. The fourth-order valence-electron chi connectivity index (χ4n) is 1.55. The Morgan fingerprint density at radius 1 is 1.38 bits per heavy atom. The van der Waals surface area contributed by atoms with Crippen molar-refractivity contribution >= 4 is 23.3 Å². The molecule has 1 heterocycles. The molecule has 1 amide bonds. The van der Waals surface area contributed by atoms with Gasteiger partial charge in [0.1, 0.15) is 17.9 Å². The third kappa shape index (κ3) is 5.74. The Balaban J connectivity index is 3.13. The molecule has 0 saturated carbocycles. The monoisotopic (exact) mass is 324 g/mol. The number of rotatable bonds is 3. The van der Waals surface area contributed by atoms with E-state index in [1.165, 1.54) is 7.05 Å². The summed E-state index contributed by atoms with van der Waals surface area (Å²) in [4.78, 5) is 20.3. The van der Waals surface area contributed by atoms with E-state index in [0.29, 0.717) is 0 Å². The first kappa shape index (κ1) is 17.5. The van der Waals surface area contributed by atoms with Gasteiger partial charge in [0.2, 0.25) is 5.28 Å². The molecule has 1 N–H and O–H groups in total. The van der Waals surface area contributed by atoms with Crippen LogP contribution in [0.4, 0.5) is 19.0 Å². The molecule has 0 unspecified atom stereocenters. The molecule has 1 aromatic rings. The number of anilines is 1. The summed E-state index contributed by atoms with van der Waals surface area (Å²) in [5.74, 6) is -0.739. The smallest absolute Gasteiger partial charge is 0.350 e. The highest BCUT2D eigenvalue weighted by molar-refractivity contribution is 6.28. The Morgan fingerprint density at radius 3 is 2.43 bits per heavy atom. The van der Waals surface area contributed by atoms with Gasteiger partial charge in [0.25, 0.3) is 5.91 Å². The van der Waals surface area contributed by atoms with Crippen LogP contribution in [0.2, 0.25) is 5.28 Å². The van der Waals surface area contributed by atoms with E-state index in [1.807, 2.05) is 0 Å². The Hall–Kier alpha value is -1.57. The highest BCUT2D eigenvalue weighted by atomic mass is 35.5. The third-order valence-corrected chi connectivity index (χ3v) is 2.43. The Bertz CT molecular complexity index is 528. The second-order valence-corrected chi connectivity index (χ2v) is 5.89. The standard InChI is InChI=1S/C12H16ClF3N4O/c1-11(2,3)19-9(21)7-5-17-10(13)18-8(7)20(4)6-12(14,15)16/h5H,6H2,1-4H3,(H,19,21). The van der Waals surface area contributed by atoms with Gasteiger partial charge in [-0.1, -0.05) is 0 Å². The maximum absolute atomic E-state index is 12.5. The quantitative estimate of drug-likeness (QED) is 0.868. The van der Waals surface area contributed by atoms with Crippen molar-refractivity contribution in [3.8, 4) is 0 Å².